The summed E-state index contributed by atoms with van der Waals surface area (Å²) in [6.07, 6.45) is -0.767. The van der Waals surface area contributed by atoms with Gasteiger partial charge in [-0.25, -0.2) is 0 Å². The Labute approximate surface area is 137 Å². The van der Waals surface area contributed by atoms with Crippen molar-refractivity contribution in [2.24, 2.45) is 5.73 Å². The minimum Gasteiger partial charge on any atom is -0.481 e. The monoisotopic (exact) mass is 327 g/mol. The highest BCUT2D eigenvalue weighted by Crippen LogP contribution is 2.29. The molecule has 1 amide bonds. The van der Waals surface area contributed by atoms with Gasteiger partial charge in [0.1, 0.15) is 28.9 Å². The lowest BCUT2D eigenvalue weighted by Crippen LogP contribution is -2.30. The number of carbonyl (C=O) groups is 1. The number of nitro groups is 1. The van der Waals surface area contributed by atoms with Gasteiger partial charge in [-0.3, -0.25) is 14.9 Å². The summed E-state index contributed by atoms with van der Waals surface area (Å²) in [5, 5.41) is 19.8. The Hall–Kier alpha value is -3.60. The summed E-state index contributed by atoms with van der Waals surface area (Å²) in [6, 6.07) is 11.9. The van der Waals surface area contributed by atoms with E-state index in [2.05, 4.69) is 0 Å². The number of ether oxygens (including phenoxy) is 2. The number of non-ortho nitro benzene ring substituents is 1. The fraction of sp³-hybridized carbons (Fsp3) is 0.125. The van der Waals surface area contributed by atoms with Crippen LogP contribution in [-0.4, -0.2) is 16.9 Å². The van der Waals surface area contributed by atoms with E-state index in [0.29, 0.717) is 11.5 Å². The molecule has 2 rings (SSSR count). The maximum atomic E-state index is 11.0. The van der Waals surface area contributed by atoms with Gasteiger partial charge in [0.15, 0.2) is 6.10 Å². The zero-order chi connectivity index (χ0) is 17.7. The van der Waals surface area contributed by atoms with Crippen LogP contribution in [0.25, 0.3) is 0 Å². The van der Waals surface area contributed by atoms with Crippen LogP contribution >= 0.6 is 0 Å². The van der Waals surface area contributed by atoms with Crippen LogP contribution in [0.5, 0.6) is 17.2 Å². The molecule has 0 radical (unpaired) electrons. The SMILES string of the molecule is CC(Oc1ccc(Oc2ccc([N+](=O)[O-])cc2C#N)cc1)C(N)=O. The Bertz CT molecular complexity index is 811. The molecule has 0 aromatic heterocycles. The van der Waals surface area contributed by atoms with E-state index < -0.39 is 16.9 Å². The van der Waals surface area contributed by atoms with Crippen LogP contribution in [0, 0.1) is 21.4 Å². The topological polar surface area (TPSA) is 128 Å². The summed E-state index contributed by atoms with van der Waals surface area (Å²) in [6.45, 7) is 1.53. The fourth-order valence-corrected chi connectivity index (χ4v) is 1.78. The number of nitrogens with two attached hydrogens (primary N) is 1. The van der Waals surface area contributed by atoms with E-state index in [1.165, 1.54) is 19.1 Å². The normalized spacial score (nSPS) is 11.2. The second-order valence-corrected chi connectivity index (χ2v) is 4.79. The molecule has 0 aliphatic rings. The lowest BCUT2D eigenvalue weighted by Gasteiger charge is -2.12. The standard InChI is InChI=1S/C16H13N3O5/c1-10(16(18)20)23-13-3-5-14(6-4-13)24-15-7-2-12(19(21)22)8-11(15)9-17/h2-8,10H,1H3,(H2,18,20). The molecule has 8 heteroatoms. The van der Waals surface area contributed by atoms with E-state index in [9.17, 15) is 14.9 Å². The first-order valence-corrected chi connectivity index (χ1v) is 6.83. The van der Waals surface area contributed by atoms with Gasteiger partial charge < -0.3 is 15.2 Å². The van der Waals surface area contributed by atoms with Crippen molar-refractivity contribution in [1.29, 1.82) is 5.26 Å². The average molecular weight is 327 g/mol. The third kappa shape index (κ3) is 3.98. The number of nitro benzene ring substituents is 1. The number of hydrogen-bond donors (Lipinski definition) is 1. The van der Waals surface area contributed by atoms with Gasteiger partial charge >= 0.3 is 0 Å². The third-order valence-corrected chi connectivity index (χ3v) is 3.06. The zero-order valence-electron chi connectivity index (χ0n) is 12.6. The average Bonchev–Trinajstić information content (AvgIpc) is 2.56. The van der Waals surface area contributed by atoms with Crippen LogP contribution in [0.15, 0.2) is 42.5 Å². The fourth-order valence-electron chi connectivity index (χ4n) is 1.78. The maximum Gasteiger partial charge on any atom is 0.271 e. The van der Waals surface area contributed by atoms with Gasteiger partial charge in [-0.05, 0) is 37.3 Å². The number of benzene rings is 2. The van der Waals surface area contributed by atoms with Crippen LogP contribution in [-0.2, 0) is 4.79 Å². The smallest absolute Gasteiger partial charge is 0.271 e. The number of primary amides is 1. The summed E-state index contributed by atoms with van der Waals surface area (Å²) in [5.74, 6) is 0.444. The van der Waals surface area contributed by atoms with Gasteiger partial charge in [0.2, 0.25) is 0 Å². The van der Waals surface area contributed by atoms with Crippen molar-refractivity contribution in [3.8, 4) is 23.3 Å². The van der Waals surface area contributed by atoms with Gasteiger partial charge in [0.25, 0.3) is 11.6 Å². The van der Waals surface area contributed by atoms with Crippen molar-refractivity contribution in [2.75, 3.05) is 0 Å². The van der Waals surface area contributed by atoms with Crippen LogP contribution in [0.3, 0.4) is 0 Å². The second kappa shape index (κ2) is 7.11. The number of nitriles is 1. The molecule has 2 N–H and O–H groups in total. The Morgan fingerprint density at radius 3 is 2.42 bits per heavy atom. The Morgan fingerprint density at radius 2 is 1.88 bits per heavy atom. The first-order valence-electron chi connectivity index (χ1n) is 6.83. The lowest BCUT2D eigenvalue weighted by molar-refractivity contribution is -0.384. The Morgan fingerprint density at radius 1 is 1.25 bits per heavy atom. The number of hydrogen-bond acceptors (Lipinski definition) is 6. The molecular weight excluding hydrogens is 314 g/mol. The molecular formula is C16H13N3O5. The highest BCUT2D eigenvalue weighted by molar-refractivity contribution is 5.78. The van der Waals surface area contributed by atoms with E-state index in [-0.39, 0.29) is 17.0 Å². The number of amides is 1. The van der Waals surface area contributed by atoms with Crippen LogP contribution in [0.2, 0.25) is 0 Å². The van der Waals surface area contributed by atoms with Gasteiger partial charge in [0.05, 0.1) is 4.92 Å². The Kier molecular flexibility index (Phi) is 4.96. The summed E-state index contributed by atoms with van der Waals surface area (Å²) in [7, 11) is 0. The number of carbonyl (C=O) groups excluding carboxylic acids is 1. The lowest BCUT2D eigenvalue weighted by atomic mass is 10.2. The molecule has 0 aliphatic carbocycles. The maximum absolute atomic E-state index is 11.0. The summed E-state index contributed by atoms with van der Waals surface area (Å²) in [5.41, 5.74) is 4.97. The van der Waals surface area contributed by atoms with Gasteiger partial charge in [-0.1, -0.05) is 0 Å². The predicted molar refractivity (Wildman–Crippen MR) is 83.6 cm³/mol. The molecule has 0 heterocycles. The third-order valence-electron chi connectivity index (χ3n) is 3.06. The van der Waals surface area contributed by atoms with E-state index in [0.717, 1.165) is 6.07 Å². The molecule has 0 bridgehead atoms. The van der Waals surface area contributed by atoms with Crippen molar-refractivity contribution >= 4 is 11.6 Å². The van der Waals surface area contributed by atoms with E-state index >= 15 is 0 Å². The summed E-state index contributed by atoms with van der Waals surface area (Å²) < 4.78 is 10.9. The highest BCUT2D eigenvalue weighted by atomic mass is 16.6. The van der Waals surface area contributed by atoms with Crippen molar-refractivity contribution in [1.82, 2.24) is 0 Å². The molecule has 0 saturated heterocycles. The van der Waals surface area contributed by atoms with E-state index in [1.54, 1.807) is 24.3 Å². The first-order chi connectivity index (χ1) is 11.4. The molecule has 1 unspecified atom stereocenters. The minimum atomic E-state index is -0.767. The van der Waals surface area contributed by atoms with Gasteiger partial charge in [-0.2, -0.15) is 5.26 Å². The van der Waals surface area contributed by atoms with Crippen LogP contribution in [0.1, 0.15) is 12.5 Å². The predicted octanol–water partition coefficient (Wildman–Crippen LogP) is 2.51. The van der Waals surface area contributed by atoms with Crippen LogP contribution in [0.4, 0.5) is 5.69 Å². The number of rotatable bonds is 6. The van der Waals surface area contributed by atoms with Gasteiger partial charge in [-0.15, -0.1) is 0 Å². The highest BCUT2D eigenvalue weighted by Gasteiger charge is 2.13. The van der Waals surface area contributed by atoms with Crippen molar-refractivity contribution < 1.29 is 19.2 Å². The van der Waals surface area contributed by atoms with Crippen molar-refractivity contribution in [2.45, 2.75) is 13.0 Å². The molecule has 122 valence electrons. The summed E-state index contributed by atoms with van der Waals surface area (Å²) >= 11 is 0. The largest absolute Gasteiger partial charge is 0.481 e. The quantitative estimate of drug-likeness (QED) is 0.641. The molecule has 0 aliphatic heterocycles. The minimum absolute atomic E-state index is 0.0480. The summed E-state index contributed by atoms with van der Waals surface area (Å²) in [4.78, 5) is 21.1. The van der Waals surface area contributed by atoms with E-state index in [4.69, 9.17) is 20.5 Å². The molecule has 0 saturated carbocycles. The van der Waals surface area contributed by atoms with E-state index in [1.807, 2.05) is 6.07 Å². The second-order valence-electron chi connectivity index (χ2n) is 4.79. The molecule has 8 nitrogen and oxygen atoms in total. The molecule has 2 aromatic rings. The van der Waals surface area contributed by atoms with Gasteiger partial charge in [0, 0.05) is 12.1 Å². The molecule has 24 heavy (non-hydrogen) atoms. The number of nitrogens with zero attached hydrogens (tertiary/aromatic N) is 2. The molecule has 2 aromatic carbocycles. The molecule has 1 atom stereocenters. The molecule has 0 spiro atoms. The van der Waals surface area contributed by atoms with Crippen molar-refractivity contribution in [3.63, 3.8) is 0 Å². The first kappa shape index (κ1) is 16.8. The molecule has 0 fully saturated rings. The Balaban J connectivity index is 2.16. The zero-order valence-corrected chi connectivity index (χ0v) is 12.6. The van der Waals surface area contributed by atoms with Crippen molar-refractivity contribution in [3.05, 3.63) is 58.1 Å². The van der Waals surface area contributed by atoms with Crippen LogP contribution < -0.4 is 15.2 Å².